The van der Waals surface area contributed by atoms with Crippen molar-refractivity contribution in [1.82, 2.24) is 10.3 Å². The molecule has 0 radical (unpaired) electrons. The van der Waals surface area contributed by atoms with Crippen LogP contribution in [0.4, 0.5) is 10.5 Å². The smallest absolute Gasteiger partial charge is 0.319 e. The molecule has 1 heterocycles. The Morgan fingerprint density at radius 1 is 1.29 bits per heavy atom. The number of aliphatic hydroxyl groups is 1. The van der Waals surface area contributed by atoms with Crippen molar-refractivity contribution in [2.75, 3.05) is 11.9 Å². The van der Waals surface area contributed by atoms with Crippen LogP contribution in [0.1, 0.15) is 12.5 Å². The number of hydrogen-bond acceptors (Lipinski definition) is 3. The normalized spacial score (nSPS) is 13.3. The lowest BCUT2D eigenvalue weighted by atomic mass is 9.96. The number of hydrogen-bond donors (Lipinski definition) is 3. The fourth-order valence-electron chi connectivity index (χ4n) is 1.80. The SMILES string of the molecule is CC(O)(CNC(=O)Nc1cccnc1Cl)c1ccccc1. The van der Waals surface area contributed by atoms with E-state index < -0.39 is 11.6 Å². The largest absolute Gasteiger partial charge is 0.384 e. The van der Waals surface area contributed by atoms with Crippen LogP contribution in [0.3, 0.4) is 0 Å². The van der Waals surface area contributed by atoms with Crippen LogP contribution in [0.5, 0.6) is 0 Å². The summed E-state index contributed by atoms with van der Waals surface area (Å²) in [6.45, 7) is 1.71. The molecule has 1 unspecified atom stereocenters. The molecule has 0 aliphatic rings. The van der Waals surface area contributed by atoms with Crippen molar-refractivity contribution < 1.29 is 9.90 Å². The number of amides is 2. The molecule has 110 valence electrons. The Balaban J connectivity index is 1.94. The maximum atomic E-state index is 11.8. The lowest BCUT2D eigenvalue weighted by Gasteiger charge is -2.24. The Bertz CT molecular complexity index is 617. The molecule has 2 aromatic rings. The van der Waals surface area contributed by atoms with E-state index in [0.717, 1.165) is 5.56 Å². The fraction of sp³-hybridized carbons (Fsp3) is 0.200. The van der Waals surface area contributed by atoms with Crippen molar-refractivity contribution in [2.45, 2.75) is 12.5 Å². The first-order valence-electron chi connectivity index (χ1n) is 6.42. The van der Waals surface area contributed by atoms with E-state index in [1.165, 1.54) is 6.20 Å². The second kappa shape index (κ2) is 6.56. The van der Waals surface area contributed by atoms with E-state index in [9.17, 15) is 9.90 Å². The Kier molecular flexibility index (Phi) is 4.77. The molecule has 1 aromatic carbocycles. The van der Waals surface area contributed by atoms with Gasteiger partial charge >= 0.3 is 6.03 Å². The minimum atomic E-state index is -1.16. The number of nitrogens with zero attached hydrogens (tertiary/aromatic N) is 1. The summed E-state index contributed by atoms with van der Waals surface area (Å²) in [4.78, 5) is 15.7. The molecule has 1 atom stereocenters. The molecule has 0 fully saturated rings. The standard InChI is InChI=1S/C15H16ClN3O2/c1-15(21,11-6-3-2-4-7-11)10-18-14(20)19-12-8-5-9-17-13(12)16/h2-9,21H,10H2,1H3,(H2,18,19,20). The average Bonchev–Trinajstić information content (AvgIpc) is 2.49. The van der Waals surface area contributed by atoms with Crippen LogP contribution < -0.4 is 10.6 Å². The summed E-state index contributed by atoms with van der Waals surface area (Å²) >= 11 is 5.85. The summed E-state index contributed by atoms with van der Waals surface area (Å²) in [5.41, 5.74) is -0.0159. The molecule has 6 heteroatoms. The number of rotatable bonds is 4. The molecule has 0 saturated heterocycles. The van der Waals surface area contributed by atoms with Gasteiger partial charge in [0.1, 0.15) is 5.60 Å². The van der Waals surface area contributed by atoms with Gasteiger partial charge in [-0.05, 0) is 24.6 Å². The van der Waals surface area contributed by atoms with Gasteiger partial charge < -0.3 is 15.7 Å². The van der Waals surface area contributed by atoms with Gasteiger partial charge in [-0.3, -0.25) is 0 Å². The molecule has 2 rings (SSSR count). The number of nitrogens with one attached hydrogen (secondary N) is 2. The van der Waals surface area contributed by atoms with Crippen molar-refractivity contribution in [3.8, 4) is 0 Å². The third kappa shape index (κ3) is 4.18. The van der Waals surface area contributed by atoms with E-state index in [4.69, 9.17) is 11.6 Å². The highest BCUT2D eigenvalue weighted by Gasteiger charge is 2.23. The van der Waals surface area contributed by atoms with Gasteiger partial charge in [-0.25, -0.2) is 9.78 Å². The predicted molar refractivity (Wildman–Crippen MR) is 82.3 cm³/mol. The lowest BCUT2D eigenvalue weighted by Crippen LogP contribution is -2.40. The zero-order chi connectivity index (χ0) is 15.3. The van der Waals surface area contributed by atoms with Gasteiger partial charge in [0.2, 0.25) is 0 Å². The molecule has 0 bridgehead atoms. The molecule has 0 aliphatic heterocycles. The van der Waals surface area contributed by atoms with E-state index in [1.807, 2.05) is 18.2 Å². The number of urea groups is 1. The topological polar surface area (TPSA) is 74.2 Å². The van der Waals surface area contributed by atoms with Gasteiger partial charge in [-0.2, -0.15) is 0 Å². The van der Waals surface area contributed by atoms with E-state index in [1.54, 1.807) is 31.2 Å². The second-order valence-corrected chi connectivity index (χ2v) is 5.15. The van der Waals surface area contributed by atoms with Crippen molar-refractivity contribution in [2.24, 2.45) is 0 Å². The fourth-order valence-corrected chi connectivity index (χ4v) is 1.96. The van der Waals surface area contributed by atoms with E-state index in [2.05, 4.69) is 15.6 Å². The average molecular weight is 306 g/mol. The highest BCUT2D eigenvalue weighted by molar-refractivity contribution is 6.32. The van der Waals surface area contributed by atoms with Crippen LogP contribution in [-0.2, 0) is 5.60 Å². The first-order valence-corrected chi connectivity index (χ1v) is 6.80. The number of carbonyl (C=O) groups excluding carboxylic acids is 1. The minimum absolute atomic E-state index is 0.0702. The van der Waals surface area contributed by atoms with Crippen LogP contribution in [-0.4, -0.2) is 22.7 Å². The van der Waals surface area contributed by atoms with Crippen LogP contribution in [0.2, 0.25) is 5.15 Å². The molecule has 1 aromatic heterocycles. The highest BCUT2D eigenvalue weighted by Crippen LogP contribution is 2.20. The molecule has 2 amide bonds. The lowest BCUT2D eigenvalue weighted by molar-refractivity contribution is 0.0599. The number of halogens is 1. The van der Waals surface area contributed by atoms with Crippen molar-refractivity contribution in [3.63, 3.8) is 0 Å². The summed E-state index contributed by atoms with van der Waals surface area (Å²) in [6.07, 6.45) is 1.53. The zero-order valence-corrected chi connectivity index (χ0v) is 12.3. The Morgan fingerprint density at radius 2 is 2.00 bits per heavy atom. The van der Waals surface area contributed by atoms with E-state index in [0.29, 0.717) is 5.69 Å². The monoisotopic (exact) mass is 305 g/mol. The van der Waals surface area contributed by atoms with Gasteiger partial charge in [0.15, 0.2) is 5.15 Å². The van der Waals surface area contributed by atoms with Gasteiger partial charge in [-0.15, -0.1) is 0 Å². The van der Waals surface area contributed by atoms with Gasteiger partial charge in [-0.1, -0.05) is 41.9 Å². The molecule has 5 nitrogen and oxygen atoms in total. The van der Waals surface area contributed by atoms with E-state index in [-0.39, 0.29) is 11.7 Å². The molecule has 0 saturated carbocycles. The van der Waals surface area contributed by atoms with Crippen molar-refractivity contribution in [1.29, 1.82) is 0 Å². The zero-order valence-electron chi connectivity index (χ0n) is 11.5. The number of anilines is 1. The summed E-state index contributed by atoms with van der Waals surface area (Å²) in [6, 6.07) is 12.0. The Morgan fingerprint density at radius 3 is 2.67 bits per heavy atom. The maximum Gasteiger partial charge on any atom is 0.319 e. The van der Waals surface area contributed by atoms with Crippen molar-refractivity contribution in [3.05, 3.63) is 59.4 Å². The molecular formula is C15H16ClN3O2. The van der Waals surface area contributed by atoms with Gasteiger partial charge in [0.25, 0.3) is 0 Å². The number of aromatic nitrogens is 1. The Hall–Kier alpha value is -2.11. The van der Waals surface area contributed by atoms with Crippen LogP contribution >= 0.6 is 11.6 Å². The molecule has 0 spiro atoms. The molecular weight excluding hydrogens is 290 g/mol. The number of pyridine rings is 1. The molecule has 0 aliphatic carbocycles. The van der Waals surface area contributed by atoms with Crippen molar-refractivity contribution >= 4 is 23.3 Å². The molecule has 21 heavy (non-hydrogen) atoms. The number of carbonyl (C=O) groups is 1. The van der Waals surface area contributed by atoms with Gasteiger partial charge in [0, 0.05) is 6.20 Å². The van der Waals surface area contributed by atoms with Crippen LogP contribution in [0.15, 0.2) is 48.7 Å². The quantitative estimate of drug-likeness (QED) is 0.760. The maximum absolute atomic E-state index is 11.8. The summed E-state index contributed by atoms with van der Waals surface area (Å²) < 4.78 is 0. The predicted octanol–water partition coefficient (Wildman–Crippen LogP) is 2.76. The summed E-state index contributed by atoms with van der Waals surface area (Å²) in [5, 5.41) is 15.8. The first-order chi connectivity index (χ1) is 9.99. The van der Waals surface area contributed by atoms with Crippen LogP contribution in [0, 0.1) is 0 Å². The summed E-state index contributed by atoms with van der Waals surface area (Å²) in [7, 11) is 0. The van der Waals surface area contributed by atoms with E-state index >= 15 is 0 Å². The molecule has 3 N–H and O–H groups in total. The third-order valence-electron chi connectivity index (χ3n) is 3.00. The minimum Gasteiger partial charge on any atom is -0.384 e. The summed E-state index contributed by atoms with van der Waals surface area (Å²) in [5.74, 6) is 0. The third-order valence-corrected chi connectivity index (χ3v) is 3.30. The Labute approximate surface area is 128 Å². The number of benzene rings is 1. The van der Waals surface area contributed by atoms with Crippen LogP contribution in [0.25, 0.3) is 0 Å². The highest BCUT2D eigenvalue weighted by atomic mass is 35.5. The van der Waals surface area contributed by atoms with Gasteiger partial charge in [0.05, 0.1) is 12.2 Å². The first kappa shape index (κ1) is 15.3. The second-order valence-electron chi connectivity index (χ2n) is 4.79.